The Hall–Kier alpha value is -2.75. The fourth-order valence-electron chi connectivity index (χ4n) is 4.34. The topological polar surface area (TPSA) is 146 Å². The molecule has 0 aliphatic rings. The summed E-state index contributed by atoms with van der Waals surface area (Å²) in [5.74, 6) is -2.21. The summed E-state index contributed by atoms with van der Waals surface area (Å²) in [6, 6.07) is 8.31. The molecule has 0 radical (unpaired) electrons. The van der Waals surface area contributed by atoms with Crippen LogP contribution in [0.1, 0.15) is 69.1 Å². The lowest BCUT2D eigenvalue weighted by Crippen LogP contribution is -2.41. The maximum atomic E-state index is 15.9. The van der Waals surface area contributed by atoms with Crippen molar-refractivity contribution < 1.29 is 30.6 Å². The molecule has 2 unspecified atom stereocenters. The summed E-state index contributed by atoms with van der Waals surface area (Å²) in [6.45, 7) is 9.39. The van der Waals surface area contributed by atoms with Crippen molar-refractivity contribution in [1.29, 1.82) is 0 Å². The molecule has 0 bridgehead atoms. The molecule has 0 aliphatic carbocycles. The van der Waals surface area contributed by atoms with E-state index in [1.54, 1.807) is 27.7 Å². The lowest BCUT2D eigenvalue weighted by Gasteiger charge is -2.28. The van der Waals surface area contributed by atoms with Crippen molar-refractivity contribution in [3.63, 3.8) is 0 Å². The molecule has 240 valence electrons. The molecule has 3 aromatic rings. The van der Waals surface area contributed by atoms with Crippen molar-refractivity contribution in [2.75, 3.05) is 10.1 Å². The third kappa shape index (κ3) is 7.72. The normalized spacial score (nSPS) is 14.3. The van der Waals surface area contributed by atoms with Crippen molar-refractivity contribution in [3.05, 3.63) is 86.5 Å². The second-order valence-corrected chi connectivity index (χ2v) is 17.1. The number of rotatable bonds is 11. The van der Waals surface area contributed by atoms with E-state index in [0.717, 1.165) is 19.1 Å². The quantitative estimate of drug-likeness (QED) is 0.172. The van der Waals surface area contributed by atoms with Gasteiger partial charge in [0.25, 0.3) is 5.56 Å². The van der Waals surface area contributed by atoms with Gasteiger partial charge in [0.1, 0.15) is 15.9 Å². The lowest BCUT2D eigenvalue weighted by molar-refractivity contribution is 0.103. The Balaban J connectivity index is 2.43. The van der Waals surface area contributed by atoms with E-state index in [0.29, 0.717) is 14.9 Å². The number of anilines is 1. The van der Waals surface area contributed by atoms with E-state index >= 15 is 4.39 Å². The molecule has 1 aromatic heterocycles. The predicted octanol–water partition coefficient (Wildman–Crippen LogP) is 4.30. The molecule has 0 saturated heterocycles. The Morgan fingerprint density at radius 1 is 1.14 bits per heavy atom. The lowest BCUT2D eigenvalue weighted by atomic mass is 9.90. The Morgan fingerprint density at radius 2 is 1.73 bits per heavy atom. The summed E-state index contributed by atoms with van der Waals surface area (Å²) in [4.78, 5) is 26.6. The zero-order valence-electron chi connectivity index (χ0n) is 25.3. The van der Waals surface area contributed by atoms with Gasteiger partial charge in [0, 0.05) is 58.1 Å². The first-order chi connectivity index (χ1) is 20.3. The summed E-state index contributed by atoms with van der Waals surface area (Å²) in [6.07, 6.45) is 1.40. The van der Waals surface area contributed by atoms with Crippen molar-refractivity contribution >= 4 is 55.2 Å². The van der Waals surface area contributed by atoms with Crippen molar-refractivity contribution in [2.24, 2.45) is 7.05 Å². The summed E-state index contributed by atoms with van der Waals surface area (Å²) in [7, 11) is -6.22. The number of carbonyl (C=O) groups excluding carboxylic acids is 1. The first kappa shape index (κ1) is 35.7. The molecule has 0 saturated carbocycles. The molecule has 1 heterocycles. The summed E-state index contributed by atoms with van der Waals surface area (Å²) < 4.78 is 83.1. The van der Waals surface area contributed by atoms with Crippen LogP contribution in [-0.2, 0) is 39.1 Å². The predicted molar refractivity (Wildman–Crippen MR) is 173 cm³/mol. The first-order valence-electron chi connectivity index (χ1n) is 13.5. The van der Waals surface area contributed by atoms with Crippen LogP contribution in [0.3, 0.4) is 0 Å². The SMILES string of the molecule is CCS(=O)(=O)C(C)N(c1cc(-c2cn(C)c(=O)cc2[C@H](C)N[S+]([O-])C(C)(C)C)c(C(=O)c2ccc(Cl)cc2)cc1F)[SH](=O)=O. The number of hydrogen-bond acceptors (Lipinski definition) is 8. The van der Waals surface area contributed by atoms with Gasteiger partial charge in [0.15, 0.2) is 15.6 Å². The molecule has 15 heteroatoms. The monoisotopic (exact) mass is 687 g/mol. The van der Waals surface area contributed by atoms with Crippen LogP contribution in [0.4, 0.5) is 10.1 Å². The fraction of sp³-hybridized carbons (Fsp3) is 0.379. The van der Waals surface area contributed by atoms with Crippen LogP contribution in [-0.4, -0.2) is 47.6 Å². The Morgan fingerprint density at radius 3 is 2.25 bits per heavy atom. The van der Waals surface area contributed by atoms with E-state index in [4.69, 9.17) is 11.6 Å². The Kier molecular flexibility index (Phi) is 11.1. The van der Waals surface area contributed by atoms with Crippen LogP contribution in [0, 0.1) is 5.82 Å². The molecule has 0 fully saturated rings. The zero-order valence-corrected chi connectivity index (χ0v) is 28.5. The van der Waals surface area contributed by atoms with Crippen molar-refractivity contribution in [2.45, 2.75) is 57.7 Å². The molecule has 44 heavy (non-hydrogen) atoms. The summed E-state index contributed by atoms with van der Waals surface area (Å²) in [5, 5.41) is -1.31. The molecule has 2 aromatic carbocycles. The highest BCUT2D eigenvalue weighted by atomic mass is 35.5. The van der Waals surface area contributed by atoms with Gasteiger partial charge >= 0.3 is 0 Å². The average Bonchev–Trinajstić information content (AvgIpc) is 2.94. The fourth-order valence-corrected chi connectivity index (χ4v) is 7.43. The largest absolute Gasteiger partial charge is 0.598 e. The Labute approximate surface area is 266 Å². The van der Waals surface area contributed by atoms with E-state index in [-0.39, 0.29) is 22.3 Å². The van der Waals surface area contributed by atoms with Crippen LogP contribution < -0.4 is 14.6 Å². The molecule has 10 nitrogen and oxygen atoms in total. The molecular formula is C29H35ClFN3O7S3. The number of hydrogen-bond donors (Lipinski definition) is 2. The van der Waals surface area contributed by atoms with E-state index in [1.165, 1.54) is 55.1 Å². The molecule has 1 N–H and O–H groups in total. The smallest absolute Gasteiger partial charge is 0.250 e. The molecule has 3 atom stereocenters. The number of carbonyl (C=O) groups is 1. The number of ketones is 1. The number of aryl methyl sites for hydroxylation is 1. The first-order valence-corrected chi connectivity index (χ1v) is 17.8. The van der Waals surface area contributed by atoms with E-state index < -0.39 is 76.9 Å². The van der Waals surface area contributed by atoms with Gasteiger partial charge in [-0.3, -0.25) is 13.9 Å². The van der Waals surface area contributed by atoms with Gasteiger partial charge < -0.3 is 9.12 Å². The van der Waals surface area contributed by atoms with E-state index in [9.17, 15) is 31.0 Å². The number of benzene rings is 2. The van der Waals surface area contributed by atoms with Crippen LogP contribution >= 0.6 is 11.6 Å². The number of aromatic nitrogens is 1. The number of pyridine rings is 1. The third-order valence-corrected chi connectivity index (χ3v) is 12.0. The second-order valence-electron chi connectivity index (χ2n) is 11.1. The van der Waals surface area contributed by atoms with Gasteiger partial charge in [-0.25, -0.2) is 21.2 Å². The Bertz CT molecular complexity index is 1800. The maximum Gasteiger partial charge on any atom is 0.250 e. The second kappa shape index (κ2) is 13.7. The highest BCUT2D eigenvalue weighted by Gasteiger charge is 2.33. The number of thiol groups is 1. The molecule has 3 rings (SSSR count). The van der Waals surface area contributed by atoms with Gasteiger partial charge in [0.2, 0.25) is 10.9 Å². The standard InChI is InChI=1S/C29H35ClFN3O7S3/c1-8-44(40,41)18(3)34(43(38)39)26-14-22(23(13-25(26)31)28(36)19-9-11-20(30)12-10-19)24-16-33(7)27(35)15-21(24)17(2)32-42(37)29(4,5)6/h9-18,32,43H,8H2,1-7H3/t17-,18?,42?/m0/s1. The minimum atomic E-state index is -4.01. The summed E-state index contributed by atoms with van der Waals surface area (Å²) >= 11 is 4.41. The number of nitrogens with one attached hydrogen (secondary N) is 1. The maximum absolute atomic E-state index is 15.9. The third-order valence-electron chi connectivity index (χ3n) is 6.98. The van der Waals surface area contributed by atoms with Crippen LogP contribution in [0.15, 0.2) is 53.5 Å². The summed E-state index contributed by atoms with van der Waals surface area (Å²) in [5.41, 5.74) is -0.548. The molecule has 0 aliphatic heterocycles. The van der Waals surface area contributed by atoms with Gasteiger partial charge in [-0.05, 0) is 82.1 Å². The molecule has 0 spiro atoms. The van der Waals surface area contributed by atoms with Crippen LogP contribution in [0.2, 0.25) is 5.02 Å². The van der Waals surface area contributed by atoms with Gasteiger partial charge in [0.05, 0.1) is 11.7 Å². The average molecular weight is 688 g/mol. The zero-order chi connectivity index (χ0) is 33.3. The molecule has 0 amide bonds. The minimum Gasteiger partial charge on any atom is -0.598 e. The highest BCUT2D eigenvalue weighted by molar-refractivity contribution is 7.93. The van der Waals surface area contributed by atoms with Crippen LogP contribution in [0.25, 0.3) is 11.1 Å². The van der Waals surface area contributed by atoms with Crippen molar-refractivity contribution in [1.82, 2.24) is 9.29 Å². The number of halogens is 2. The number of sulfone groups is 1. The number of nitrogens with zero attached hydrogens (tertiary/aromatic N) is 2. The van der Waals surface area contributed by atoms with Gasteiger partial charge in [-0.2, -0.15) is 0 Å². The van der Waals surface area contributed by atoms with E-state index in [1.807, 2.05) is 0 Å². The molecular weight excluding hydrogens is 653 g/mol. The highest BCUT2D eigenvalue weighted by Crippen LogP contribution is 2.37. The van der Waals surface area contributed by atoms with Crippen molar-refractivity contribution in [3.8, 4) is 11.1 Å². The van der Waals surface area contributed by atoms with Gasteiger partial charge in [-0.1, -0.05) is 18.5 Å². The van der Waals surface area contributed by atoms with E-state index in [2.05, 4.69) is 4.72 Å². The van der Waals surface area contributed by atoms with Crippen LogP contribution in [0.5, 0.6) is 0 Å². The van der Waals surface area contributed by atoms with Gasteiger partial charge in [-0.15, -0.1) is 4.72 Å². The minimum absolute atomic E-state index is 0.0186.